The molecule has 0 bridgehead atoms. The third kappa shape index (κ3) is 3.34. The molecule has 1 atom stereocenters. The van der Waals surface area contributed by atoms with Crippen molar-refractivity contribution in [3.8, 4) is 0 Å². The first-order valence-corrected chi connectivity index (χ1v) is 11.1. The number of fused-ring (bicyclic) bond motifs is 1. The van der Waals surface area contributed by atoms with Crippen LogP contribution in [0.4, 0.5) is 17.5 Å². The molecule has 1 saturated heterocycles. The van der Waals surface area contributed by atoms with Gasteiger partial charge in [0.25, 0.3) is 0 Å². The number of amides is 1. The van der Waals surface area contributed by atoms with Gasteiger partial charge in [-0.1, -0.05) is 19.8 Å². The maximum Gasteiger partial charge on any atom is 0.249 e. The van der Waals surface area contributed by atoms with Gasteiger partial charge in [-0.25, -0.2) is 4.98 Å². The first-order valence-electron chi connectivity index (χ1n) is 11.1. The second-order valence-electron chi connectivity index (χ2n) is 8.31. The monoisotopic (exact) mass is 386 g/mol. The average Bonchev–Trinajstić information content (AvgIpc) is 3.26. The number of hydrogen-bond donors (Lipinski definition) is 1. The number of hydrogen-bond acceptors (Lipinski definition) is 6. The number of likely N-dealkylation sites (N-methyl/N-ethyl adjacent to an activating group) is 1. The molecule has 2 aliphatic heterocycles. The smallest absolute Gasteiger partial charge is 0.249 e. The van der Waals surface area contributed by atoms with Crippen LogP contribution in [0.25, 0.3) is 0 Å². The van der Waals surface area contributed by atoms with Crippen molar-refractivity contribution in [3.05, 3.63) is 6.20 Å². The zero-order chi connectivity index (χ0) is 19.7. The van der Waals surface area contributed by atoms with E-state index in [0.29, 0.717) is 12.1 Å². The quantitative estimate of drug-likeness (QED) is 0.839. The Morgan fingerprint density at radius 3 is 2.54 bits per heavy atom. The number of aromatic nitrogens is 2. The zero-order valence-corrected chi connectivity index (χ0v) is 17.5. The molecule has 0 radical (unpaired) electrons. The molecule has 4 rings (SSSR count). The summed E-state index contributed by atoms with van der Waals surface area (Å²) >= 11 is 0. The van der Waals surface area contributed by atoms with Crippen molar-refractivity contribution in [2.75, 3.05) is 41.4 Å². The molecule has 1 unspecified atom stereocenters. The van der Waals surface area contributed by atoms with Crippen LogP contribution in [0.15, 0.2) is 6.20 Å². The minimum atomic E-state index is -0.114. The summed E-state index contributed by atoms with van der Waals surface area (Å²) in [7, 11) is 1.86. The van der Waals surface area contributed by atoms with Crippen molar-refractivity contribution in [2.45, 2.75) is 76.9 Å². The van der Waals surface area contributed by atoms with E-state index in [0.717, 1.165) is 69.2 Å². The number of anilines is 3. The first kappa shape index (κ1) is 19.4. The van der Waals surface area contributed by atoms with E-state index in [-0.39, 0.29) is 11.9 Å². The van der Waals surface area contributed by atoms with Crippen LogP contribution in [0.5, 0.6) is 0 Å². The fourth-order valence-corrected chi connectivity index (χ4v) is 5.19. The lowest BCUT2D eigenvalue weighted by molar-refractivity contribution is -0.120. The van der Waals surface area contributed by atoms with Crippen molar-refractivity contribution in [3.63, 3.8) is 0 Å². The Kier molecular flexibility index (Phi) is 5.71. The summed E-state index contributed by atoms with van der Waals surface area (Å²) in [5.74, 6) is 1.94. The van der Waals surface area contributed by atoms with Crippen LogP contribution < -0.4 is 20.0 Å². The van der Waals surface area contributed by atoms with E-state index < -0.39 is 0 Å². The van der Waals surface area contributed by atoms with Gasteiger partial charge in [-0.3, -0.25) is 4.79 Å². The molecule has 3 heterocycles. The molecule has 3 aliphatic rings. The molecule has 1 aromatic heterocycles. The second kappa shape index (κ2) is 8.23. The Balaban J connectivity index is 1.73. The van der Waals surface area contributed by atoms with Gasteiger partial charge in [-0.2, -0.15) is 4.98 Å². The van der Waals surface area contributed by atoms with Crippen LogP contribution >= 0.6 is 0 Å². The van der Waals surface area contributed by atoms with Gasteiger partial charge in [0.2, 0.25) is 11.9 Å². The van der Waals surface area contributed by atoms with Crippen molar-refractivity contribution in [2.24, 2.45) is 0 Å². The van der Waals surface area contributed by atoms with Gasteiger partial charge in [0, 0.05) is 25.7 Å². The van der Waals surface area contributed by atoms with Crippen molar-refractivity contribution in [1.29, 1.82) is 0 Å². The van der Waals surface area contributed by atoms with Gasteiger partial charge < -0.3 is 20.0 Å². The van der Waals surface area contributed by atoms with Crippen LogP contribution in [-0.2, 0) is 4.79 Å². The van der Waals surface area contributed by atoms with Crippen molar-refractivity contribution < 1.29 is 4.79 Å². The van der Waals surface area contributed by atoms with Crippen LogP contribution in [0.3, 0.4) is 0 Å². The summed E-state index contributed by atoms with van der Waals surface area (Å²) < 4.78 is 0. The Bertz CT molecular complexity index is 698. The van der Waals surface area contributed by atoms with Crippen molar-refractivity contribution in [1.82, 2.24) is 15.3 Å². The van der Waals surface area contributed by atoms with Gasteiger partial charge in [0.05, 0.1) is 6.20 Å². The fourth-order valence-electron chi connectivity index (χ4n) is 5.19. The zero-order valence-electron chi connectivity index (χ0n) is 17.5. The third-order valence-electron chi connectivity index (χ3n) is 6.75. The van der Waals surface area contributed by atoms with Gasteiger partial charge in [-0.15, -0.1) is 0 Å². The summed E-state index contributed by atoms with van der Waals surface area (Å²) in [6, 6.07) is 0.782. The standard InChI is InChI=1S/C21H34N6O/c1-4-17-20(28)25(3)18-14-23-21(26(5-2)15-10-12-22-13-11-15)24-19(18)27(17)16-8-6-7-9-16/h14-17,22H,4-13H2,1-3H3. The van der Waals surface area contributed by atoms with Crippen LogP contribution in [0, 0.1) is 0 Å². The topological polar surface area (TPSA) is 64.6 Å². The van der Waals surface area contributed by atoms with E-state index in [2.05, 4.69) is 29.0 Å². The Labute approximate surface area is 168 Å². The molecule has 1 amide bonds. The molecule has 154 valence electrons. The Hall–Kier alpha value is -1.89. The number of rotatable bonds is 5. The lowest BCUT2D eigenvalue weighted by Gasteiger charge is -2.44. The maximum atomic E-state index is 13.0. The highest BCUT2D eigenvalue weighted by Gasteiger charge is 2.41. The number of carbonyl (C=O) groups is 1. The van der Waals surface area contributed by atoms with Crippen LogP contribution in [0.2, 0.25) is 0 Å². The third-order valence-corrected chi connectivity index (χ3v) is 6.75. The molecule has 1 aromatic rings. The Morgan fingerprint density at radius 1 is 1.18 bits per heavy atom. The highest BCUT2D eigenvalue weighted by molar-refractivity contribution is 6.04. The predicted molar refractivity (Wildman–Crippen MR) is 113 cm³/mol. The molecular weight excluding hydrogens is 352 g/mol. The first-order chi connectivity index (χ1) is 13.7. The van der Waals surface area contributed by atoms with Crippen molar-refractivity contribution >= 4 is 23.4 Å². The van der Waals surface area contributed by atoms with Gasteiger partial charge in [0.1, 0.15) is 11.7 Å². The largest absolute Gasteiger partial charge is 0.340 e. The molecule has 2 fully saturated rings. The SMILES string of the molecule is CCC1C(=O)N(C)c2cnc(N(CC)C3CCNCC3)nc2N1C1CCCC1. The molecule has 7 nitrogen and oxygen atoms in total. The fraction of sp³-hybridized carbons (Fsp3) is 0.762. The predicted octanol–water partition coefficient (Wildman–Crippen LogP) is 2.56. The number of nitrogens with one attached hydrogen (secondary N) is 1. The highest BCUT2D eigenvalue weighted by atomic mass is 16.2. The van der Waals surface area contributed by atoms with Gasteiger partial charge >= 0.3 is 0 Å². The van der Waals surface area contributed by atoms with E-state index in [9.17, 15) is 4.79 Å². The molecule has 1 aliphatic carbocycles. The van der Waals surface area contributed by atoms with E-state index in [4.69, 9.17) is 9.97 Å². The van der Waals surface area contributed by atoms with E-state index >= 15 is 0 Å². The molecule has 0 aromatic carbocycles. The molecule has 0 spiro atoms. The van der Waals surface area contributed by atoms with Gasteiger partial charge in [0.15, 0.2) is 5.82 Å². The molecule has 7 heteroatoms. The second-order valence-corrected chi connectivity index (χ2v) is 8.31. The van der Waals surface area contributed by atoms with Crippen LogP contribution in [-0.4, -0.2) is 60.7 Å². The van der Waals surface area contributed by atoms with Crippen LogP contribution in [0.1, 0.15) is 58.8 Å². The molecular formula is C21H34N6O. The summed E-state index contributed by atoms with van der Waals surface area (Å²) in [5.41, 5.74) is 0.853. The maximum absolute atomic E-state index is 13.0. The summed E-state index contributed by atoms with van der Waals surface area (Å²) in [4.78, 5) is 29.3. The molecule has 1 N–H and O–H groups in total. The highest BCUT2D eigenvalue weighted by Crippen LogP contribution is 2.40. The van der Waals surface area contributed by atoms with E-state index in [1.165, 1.54) is 12.8 Å². The average molecular weight is 387 g/mol. The minimum Gasteiger partial charge on any atom is -0.340 e. The lowest BCUT2D eigenvalue weighted by atomic mass is 10.0. The summed E-state index contributed by atoms with van der Waals surface area (Å²) in [6.07, 6.45) is 9.71. The number of carbonyl (C=O) groups excluding carboxylic acids is 1. The number of piperidine rings is 1. The Morgan fingerprint density at radius 2 is 1.89 bits per heavy atom. The number of nitrogens with zero attached hydrogens (tertiary/aromatic N) is 5. The van der Waals surface area contributed by atoms with Gasteiger partial charge in [-0.05, 0) is 52.1 Å². The molecule has 28 heavy (non-hydrogen) atoms. The van der Waals surface area contributed by atoms with E-state index in [1.807, 2.05) is 13.2 Å². The van der Waals surface area contributed by atoms with E-state index in [1.54, 1.807) is 4.90 Å². The normalized spacial score (nSPS) is 24.0. The minimum absolute atomic E-state index is 0.114. The molecule has 1 saturated carbocycles. The summed E-state index contributed by atoms with van der Waals surface area (Å²) in [6.45, 7) is 7.30. The summed E-state index contributed by atoms with van der Waals surface area (Å²) in [5, 5.41) is 3.44. The lowest BCUT2D eigenvalue weighted by Crippen LogP contribution is -2.55.